The highest BCUT2D eigenvalue weighted by Crippen LogP contribution is 2.11. The highest BCUT2D eigenvalue weighted by atomic mass is 16.6. The Hall–Kier alpha value is -1.23. The zero-order valence-corrected chi connectivity index (χ0v) is 8.53. The molecule has 1 fully saturated rings. The van der Waals surface area contributed by atoms with Crippen LogP contribution in [0.5, 0.6) is 0 Å². The molecule has 0 bridgehead atoms. The van der Waals surface area contributed by atoms with Crippen LogP contribution in [0, 0.1) is 0 Å². The second-order valence-corrected chi connectivity index (χ2v) is 3.55. The number of hydrogen-bond acceptors (Lipinski definition) is 4. The first kappa shape index (κ1) is 10.3. The maximum absolute atomic E-state index is 11.5. The Morgan fingerprint density at radius 2 is 2.40 bits per heavy atom. The van der Waals surface area contributed by atoms with E-state index in [4.69, 9.17) is 14.2 Å². The van der Waals surface area contributed by atoms with E-state index in [9.17, 15) is 4.79 Å². The second-order valence-electron chi connectivity index (χ2n) is 3.55. The maximum Gasteiger partial charge on any atom is 0.289 e. The molecule has 1 saturated heterocycles. The fourth-order valence-corrected chi connectivity index (χ4v) is 1.59. The van der Waals surface area contributed by atoms with Crippen molar-refractivity contribution in [1.82, 2.24) is 5.32 Å². The monoisotopic (exact) mass is 213 g/mol. The first-order valence-electron chi connectivity index (χ1n) is 5.20. The number of amides is 1. The molecule has 5 heteroatoms. The van der Waals surface area contributed by atoms with Crippen LogP contribution >= 0.6 is 0 Å². The Morgan fingerprint density at radius 3 is 3.07 bits per heavy atom. The summed E-state index contributed by atoms with van der Waals surface area (Å²) in [7, 11) is 0. The topological polar surface area (TPSA) is 56.8 Å². The molecule has 84 valence electrons. The van der Waals surface area contributed by atoms with Crippen molar-refractivity contribution in [2.24, 2.45) is 0 Å². The molecule has 2 aliphatic rings. The van der Waals surface area contributed by atoms with Crippen LogP contribution in [0.3, 0.4) is 0 Å². The summed E-state index contributed by atoms with van der Waals surface area (Å²) >= 11 is 0. The zero-order chi connectivity index (χ0) is 10.5. The first-order valence-corrected chi connectivity index (χ1v) is 5.20. The van der Waals surface area contributed by atoms with Crippen molar-refractivity contribution in [2.45, 2.75) is 18.9 Å². The second kappa shape index (κ2) is 5.02. The van der Waals surface area contributed by atoms with Crippen LogP contribution in [0.4, 0.5) is 0 Å². The Bertz CT molecular complexity index is 258. The van der Waals surface area contributed by atoms with Gasteiger partial charge in [0.15, 0.2) is 0 Å². The first-order chi connectivity index (χ1) is 7.36. The van der Waals surface area contributed by atoms with Crippen LogP contribution in [0.25, 0.3) is 0 Å². The van der Waals surface area contributed by atoms with Crippen molar-refractivity contribution >= 4 is 5.91 Å². The quantitative estimate of drug-likeness (QED) is 0.726. The van der Waals surface area contributed by atoms with Crippen LogP contribution in [0.1, 0.15) is 12.8 Å². The van der Waals surface area contributed by atoms with Crippen molar-refractivity contribution in [2.75, 3.05) is 26.4 Å². The predicted molar refractivity (Wildman–Crippen MR) is 52.0 cm³/mol. The van der Waals surface area contributed by atoms with Crippen LogP contribution in [-0.2, 0) is 19.0 Å². The van der Waals surface area contributed by atoms with Gasteiger partial charge in [-0.05, 0) is 12.8 Å². The number of nitrogens with one attached hydrogen (secondary N) is 1. The third-order valence-electron chi connectivity index (χ3n) is 2.39. The zero-order valence-electron chi connectivity index (χ0n) is 8.53. The molecular weight excluding hydrogens is 198 g/mol. The van der Waals surface area contributed by atoms with E-state index in [1.54, 1.807) is 0 Å². The molecule has 2 heterocycles. The molecule has 1 atom stereocenters. The Balaban J connectivity index is 1.73. The lowest BCUT2D eigenvalue weighted by atomic mass is 10.2. The van der Waals surface area contributed by atoms with Gasteiger partial charge < -0.3 is 19.5 Å². The lowest BCUT2D eigenvalue weighted by molar-refractivity contribution is -0.122. The van der Waals surface area contributed by atoms with Gasteiger partial charge in [-0.2, -0.15) is 0 Å². The summed E-state index contributed by atoms with van der Waals surface area (Å²) in [4.78, 5) is 11.5. The molecular formula is C10H15NO4. The van der Waals surface area contributed by atoms with E-state index in [-0.39, 0.29) is 17.8 Å². The van der Waals surface area contributed by atoms with E-state index >= 15 is 0 Å². The summed E-state index contributed by atoms with van der Waals surface area (Å²) in [5.74, 6) is 0.0180. The largest absolute Gasteiger partial charge is 0.494 e. The van der Waals surface area contributed by atoms with E-state index in [2.05, 4.69) is 5.32 Å². The minimum absolute atomic E-state index is 0.152. The van der Waals surface area contributed by atoms with Crippen molar-refractivity contribution in [3.05, 3.63) is 12.0 Å². The van der Waals surface area contributed by atoms with Crippen molar-refractivity contribution in [3.8, 4) is 0 Å². The highest BCUT2D eigenvalue weighted by molar-refractivity contribution is 5.91. The van der Waals surface area contributed by atoms with Gasteiger partial charge >= 0.3 is 0 Å². The number of ether oxygens (including phenoxy) is 3. The molecule has 0 aromatic carbocycles. The standard InChI is InChI=1S/C10H15NO4/c12-10(9-7-13-4-5-15-9)11-6-8-2-1-3-14-8/h7-8H,1-6H2,(H,11,12). The average Bonchev–Trinajstić information content (AvgIpc) is 2.80. The average molecular weight is 213 g/mol. The van der Waals surface area contributed by atoms with Gasteiger partial charge in [-0.15, -0.1) is 0 Å². The fraction of sp³-hybridized carbons (Fsp3) is 0.700. The predicted octanol–water partition coefficient (Wildman–Crippen LogP) is 0.170. The van der Waals surface area contributed by atoms with Crippen LogP contribution in [0.2, 0.25) is 0 Å². The molecule has 2 aliphatic heterocycles. The summed E-state index contributed by atoms with van der Waals surface area (Å²) in [6.45, 7) is 2.27. The number of rotatable bonds is 3. The molecule has 1 unspecified atom stereocenters. The molecule has 0 aliphatic carbocycles. The van der Waals surface area contributed by atoms with Crippen molar-refractivity contribution < 1.29 is 19.0 Å². The summed E-state index contributed by atoms with van der Waals surface area (Å²) in [6, 6.07) is 0. The van der Waals surface area contributed by atoms with E-state index in [1.165, 1.54) is 6.26 Å². The van der Waals surface area contributed by atoms with Gasteiger partial charge in [-0.1, -0.05) is 0 Å². The summed E-state index contributed by atoms with van der Waals surface area (Å²) in [5.41, 5.74) is 0. The molecule has 2 rings (SSSR count). The molecule has 0 saturated carbocycles. The summed E-state index contributed by atoms with van der Waals surface area (Å²) in [6.07, 6.45) is 3.59. The van der Waals surface area contributed by atoms with E-state index in [0.717, 1.165) is 19.4 Å². The lowest BCUT2D eigenvalue weighted by Gasteiger charge is -2.16. The summed E-state index contributed by atoms with van der Waals surface area (Å²) in [5, 5.41) is 2.76. The van der Waals surface area contributed by atoms with Crippen LogP contribution < -0.4 is 5.32 Å². The molecule has 1 N–H and O–H groups in total. The molecule has 5 nitrogen and oxygen atoms in total. The van der Waals surface area contributed by atoms with Crippen LogP contribution in [0.15, 0.2) is 12.0 Å². The number of carbonyl (C=O) groups is 1. The van der Waals surface area contributed by atoms with Gasteiger partial charge in [0.2, 0.25) is 5.76 Å². The molecule has 0 spiro atoms. The third kappa shape index (κ3) is 2.86. The fourth-order valence-electron chi connectivity index (χ4n) is 1.59. The highest BCUT2D eigenvalue weighted by Gasteiger charge is 2.19. The van der Waals surface area contributed by atoms with E-state index in [0.29, 0.717) is 19.8 Å². The minimum atomic E-state index is -0.231. The molecule has 1 amide bonds. The van der Waals surface area contributed by atoms with Gasteiger partial charge in [0.1, 0.15) is 19.5 Å². The maximum atomic E-state index is 11.5. The summed E-state index contributed by atoms with van der Waals surface area (Å²) < 4.78 is 15.5. The Morgan fingerprint density at radius 1 is 1.47 bits per heavy atom. The third-order valence-corrected chi connectivity index (χ3v) is 2.39. The van der Waals surface area contributed by atoms with E-state index < -0.39 is 0 Å². The van der Waals surface area contributed by atoms with E-state index in [1.807, 2.05) is 0 Å². The minimum Gasteiger partial charge on any atom is -0.494 e. The molecule has 0 aromatic heterocycles. The van der Waals surface area contributed by atoms with Crippen LogP contribution in [-0.4, -0.2) is 38.4 Å². The molecule has 15 heavy (non-hydrogen) atoms. The molecule has 0 radical (unpaired) electrons. The number of hydrogen-bond donors (Lipinski definition) is 1. The van der Waals surface area contributed by atoms with Crippen molar-refractivity contribution in [3.63, 3.8) is 0 Å². The Kier molecular flexibility index (Phi) is 3.45. The SMILES string of the molecule is O=C(NCC1CCCO1)C1=COCCO1. The van der Waals surface area contributed by atoms with Gasteiger partial charge in [0.25, 0.3) is 5.91 Å². The van der Waals surface area contributed by atoms with Gasteiger partial charge in [-0.25, -0.2) is 0 Å². The van der Waals surface area contributed by atoms with Gasteiger partial charge in [-0.3, -0.25) is 4.79 Å². The number of carbonyl (C=O) groups excluding carboxylic acids is 1. The normalized spacial score (nSPS) is 25.1. The Labute approximate surface area is 88.4 Å². The lowest BCUT2D eigenvalue weighted by Crippen LogP contribution is -2.34. The smallest absolute Gasteiger partial charge is 0.289 e. The van der Waals surface area contributed by atoms with Crippen molar-refractivity contribution in [1.29, 1.82) is 0 Å². The van der Waals surface area contributed by atoms with Gasteiger partial charge in [0, 0.05) is 13.2 Å². The van der Waals surface area contributed by atoms with Gasteiger partial charge in [0.05, 0.1) is 6.10 Å². The molecule has 0 aromatic rings.